The van der Waals surface area contributed by atoms with Crippen molar-refractivity contribution >= 4 is 16.1 Å². The highest BCUT2D eigenvalue weighted by atomic mass is 32.2. The summed E-state index contributed by atoms with van der Waals surface area (Å²) in [6, 6.07) is 6.63. The van der Waals surface area contributed by atoms with Crippen molar-refractivity contribution in [2.75, 3.05) is 13.7 Å². The lowest BCUT2D eigenvalue weighted by Gasteiger charge is -2.06. The van der Waals surface area contributed by atoms with Crippen LogP contribution >= 0.6 is 0 Å². The molecule has 0 saturated heterocycles. The third-order valence-corrected chi connectivity index (χ3v) is 4.88. The van der Waals surface area contributed by atoms with E-state index in [1.807, 2.05) is 6.92 Å². The van der Waals surface area contributed by atoms with Crippen molar-refractivity contribution in [2.45, 2.75) is 56.8 Å². The van der Waals surface area contributed by atoms with Gasteiger partial charge in [0.25, 0.3) is 10.1 Å². The van der Waals surface area contributed by atoms with Crippen molar-refractivity contribution in [3.05, 3.63) is 29.8 Å². The number of unbranched alkanes of at least 4 members (excludes halogenated alkanes) is 5. The molecule has 0 N–H and O–H groups in total. The van der Waals surface area contributed by atoms with Crippen molar-refractivity contribution < 1.29 is 22.1 Å². The molecule has 130 valence electrons. The molecule has 1 rings (SSSR count). The molecule has 0 aliphatic heterocycles. The number of ether oxygens (including phenoxy) is 1. The van der Waals surface area contributed by atoms with Crippen LogP contribution in [0.25, 0.3) is 0 Å². The van der Waals surface area contributed by atoms with Gasteiger partial charge in [-0.25, -0.2) is 0 Å². The Hall–Kier alpha value is -1.40. The van der Waals surface area contributed by atoms with Gasteiger partial charge in [0.05, 0.1) is 18.6 Å². The number of rotatable bonds is 11. The molecule has 0 aliphatic rings. The SMILES string of the molecule is COC(=O)CCCCCCCCOS(=O)(=O)c1ccc(C)cc1. The molecule has 0 radical (unpaired) electrons. The topological polar surface area (TPSA) is 69.7 Å². The second kappa shape index (κ2) is 10.4. The number of carbonyl (C=O) groups is 1. The van der Waals surface area contributed by atoms with Crippen LogP contribution < -0.4 is 0 Å². The highest BCUT2D eigenvalue weighted by molar-refractivity contribution is 7.86. The van der Waals surface area contributed by atoms with Crippen molar-refractivity contribution in [3.63, 3.8) is 0 Å². The maximum absolute atomic E-state index is 11.9. The Kier molecular flexibility index (Phi) is 8.87. The number of hydrogen-bond acceptors (Lipinski definition) is 5. The van der Waals surface area contributed by atoms with E-state index in [0.29, 0.717) is 12.8 Å². The maximum Gasteiger partial charge on any atom is 0.305 e. The smallest absolute Gasteiger partial charge is 0.305 e. The van der Waals surface area contributed by atoms with Gasteiger partial charge in [-0.3, -0.25) is 8.98 Å². The lowest BCUT2D eigenvalue weighted by molar-refractivity contribution is -0.140. The minimum absolute atomic E-state index is 0.167. The summed E-state index contributed by atoms with van der Waals surface area (Å²) in [5.74, 6) is -0.167. The fraction of sp³-hybridized carbons (Fsp3) is 0.588. The Morgan fingerprint density at radius 3 is 2.13 bits per heavy atom. The molecule has 0 atom stereocenters. The number of carbonyl (C=O) groups excluding carboxylic acids is 1. The first-order valence-electron chi connectivity index (χ1n) is 7.98. The van der Waals surface area contributed by atoms with Gasteiger partial charge in [-0.05, 0) is 31.9 Å². The van der Waals surface area contributed by atoms with E-state index in [1.54, 1.807) is 24.3 Å². The molecule has 6 heteroatoms. The molecule has 23 heavy (non-hydrogen) atoms. The predicted molar refractivity (Wildman–Crippen MR) is 88.7 cm³/mol. The first kappa shape index (κ1) is 19.6. The molecule has 0 aromatic heterocycles. The van der Waals surface area contributed by atoms with Gasteiger partial charge in [0.2, 0.25) is 0 Å². The van der Waals surface area contributed by atoms with Gasteiger partial charge in [0.15, 0.2) is 0 Å². The average molecular weight is 342 g/mol. The predicted octanol–water partition coefficient (Wildman–Crippen LogP) is 3.60. The molecule has 1 aromatic rings. The van der Waals surface area contributed by atoms with Gasteiger partial charge in [-0.15, -0.1) is 0 Å². The molecule has 0 spiro atoms. The summed E-state index contributed by atoms with van der Waals surface area (Å²) in [4.78, 5) is 11.1. The summed E-state index contributed by atoms with van der Waals surface area (Å²) >= 11 is 0. The fourth-order valence-corrected chi connectivity index (χ4v) is 3.06. The van der Waals surface area contributed by atoms with E-state index in [9.17, 15) is 13.2 Å². The van der Waals surface area contributed by atoms with E-state index in [4.69, 9.17) is 4.18 Å². The number of hydrogen-bond donors (Lipinski definition) is 0. The largest absolute Gasteiger partial charge is 0.469 e. The summed E-state index contributed by atoms with van der Waals surface area (Å²) in [7, 11) is -2.25. The Balaban J connectivity index is 2.10. The van der Waals surface area contributed by atoms with E-state index in [1.165, 1.54) is 7.11 Å². The van der Waals surface area contributed by atoms with Crippen LogP contribution in [0.3, 0.4) is 0 Å². The summed E-state index contributed by atoms with van der Waals surface area (Å²) in [5, 5.41) is 0. The van der Waals surface area contributed by atoms with Gasteiger partial charge in [-0.2, -0.15) is 8.42 Å². The molecule has 0 unspecified atom stereocenters. The van der Waals surface area contributed by atoms with Crippen LogP contribution in [0.4, 0.5) is 0 Å². The van der Waals surface area contributed by atoms with E-state index in [-0.39, 0.29) is 17.5 Å². The Morgan fingerprint density at radius 1 is 0.957 bits per heavy atom. The molecule has 0 heterocycles. The molecular formula is C17H26O5S. The van der Waals surface area contributed by atoms with Crippen molar-refractivity contribution in [2.24, 2.45) is 0 Å². The van der Waals surface area contributed by atoms with Crippen LogP contribution in [0.5, 0.6) is 0 Å². The van der Waals surface area contributed by atoms with E-state index >= 15 is 0 Å². The van der Waals surface area contributed by atoms with Crippen LogP contribution in [-0.4, -0.2) is 28.1 Å². The summed E-state index contributed by atoms with van der Waals surface area (Å²) in [5.41, 5.74) is 1.01. The van der Waals surface area contributed by atoms with E-state index in [2.05, 4.69) is 4.74 Å². The van der Waals surface area contributed by atoms with Crippen molar-refractivity contribution in [3.8, 4) is 0 Å². The highest BCUT2D eigenvalue weighted by Crippen LogP contribution is 2.14. The van der Waals surface area contributed by atoms with Gasteiger partial charge < -0.3 is 4.74 Å². The Morgan fingerprint density at radius 2 is 1.52 bits per heavy atom. The molecule has 1 aromatic carbocycles. The van der Waals surface area contributed by atoms with Crippen LogP contribution in [0, 0.1) is 6.92 Å². The first-order chi connectivity index (χ1) is 11.0. The van der Waals surface area contributed by atoms with Crippen LogP contribution in [0.15, 0.2) is 29.2 Å². The van der Waals surface area contributed by atoms with Crippen LogP contribution in [-0.2, 0) is 23.8 Å². The molecule has 5 nitrogen and oxygen atoms in total. The minimum atomic E-state index is -3.64. The number of methoxy groups -OCH3 is 1. The van der Waals surface area contributed by atoms with Gasteiger partial charge >= 0.3 is 5.97 Å². The second-order valence-electron chi connectivity index (χ2n) is 5.54. The lowest BCUT2D eigenvalue weighted by Crippen LogP contribution is -2.07. The minimum Gasteiger partial charge on any atom is -0.469 e. The molecule has 0 saturated carbocycles. The summed E-state index contributed by atoms with van der Waals surface area (Å²) < 4.78 is 33.5. The van der Waals surface area contributed by atoms with Crippen molar-refractivity contribution in [1.29, 1.82) is 0 Å². The van der Waals surface area contributed by atoms with E-state index in [0.717, 1.165) is 37.7 Å². The zero-order valence-electron chi connectivity index (χ0n) is 13.9. The zero-order chi connectivity index (χ0) is 17.1. The Bertz CT molecular complexity index is 563. The summed E-state index contributed by atoms with van der Waals surface area (Å²) in [6.45, 7) is 2.11. The molecule has 0 aliphatic carbocycles. The number of benzene rings is 1. The number of aryl methyl sites for hydroxylation is 1. The monoisotopic (exact) mass is 342 g/mol. The van der Waals surface area contributed by atoms with E-state index < -0.39 is 10.1 Å². The number of esters is 1. The quantitative estimate of drug-likeness (QED) is 0.349. The lowest BCUT2D eigenvalue weighted by atomic mass is 10.1. The van der Waals surface area contributed by atoms with Crippen molar-refractivity contribution in [1.82, 2.24) is 0 Å². The molecule has 0 bridgehead atoms. The second-order valence-corrected chi connectivity index (χ2v) is 7.15. The maximum atomic E-state index is 11.9. The van der Waals surface area contributed by atoms with Gasteiger partial charge in [0.1, 0.15) is 0 Å². The standard InChI is InChI=1S/C17H26O5S/c1-15-10-12-16(13-11-15)23(19,20)22-14-8-6-4-3-5-7-9-17(18)21-2/h10-13H,3-9,14H2,1-2H3. The summed E-state index contributed by atoms with van der Waals surface area (Å²) in [6.07, 6.45) is 5.96. The third-order valence-electron chi connectivity index (χ3n) is 3.55. The van der Waals surface area contributed by atoms with Gasteiger partial charge in [-0.1, -0.05) is 43.4 Å². The van der Waals surface area contributed by atoms with Crippen LogP contribution in [0.2, 0.25) is 0 Å². The molecule has 0 amide bonds. The highest BCUT2D eigenvalue weighted by Gasteiger charge is 2.14. The fourth-order valence-electron chi connectivity index (χ4n) is 2.12. The third kappa shape index (κ3) is 8.13. The first-order valence-corrected chi connectivity index (χ1v) is 9.39. The Labute approximate surface area is 139 Å². The molecular weight excluding hydrogens is 316 g/mol. The normalized spacial score (nSPS) is 11.4. The molecule has 0 fully saturated rings. The van der Waals surface area contributed by atoms with Gasteiger partial charge in [0, 0.05) is 6.42 Å². The van der Waals surface area contributed by atoms with Crippen LogP contribution in [0.1, 0.15) is 50.5 Å². The average Bonchev–Trinajstić information content (AvgIpc) is 2.53. The zero-order valence-corrected chi connectivity index (χ0v) is 14.7.